The summed E-state index contributed by atoms with van der Waals surface area (Å²) in [5.74, 6) is -0.975. The van der Waals surface area contributed by atoms with E-state index in [0.717, 1.165) is 12.0 Å². The fourth-order valence-corrected chi connectivity index (χ4v) is 2.61. The van der Waals surface area contributed by atoms with Crippen molar-refractivity contribution in [2.75, 3.05) is 6.54 Å². The Morgan fingerprint density at radius 1 is 1.36 bits per heavy atom. The highest BCUT2D eigenvalue weighted by Gasteiger charge is 2.52. The van der Waals surface area contributed by atoms with E-state index < -0.39 is 28.4 Å². The third kappa shape index (κ3) is 4.05. The van der Waals surface area contributed by atoms with Gasteiger partial charge in [0.25, 0.3) is 5.91 Å². The van der Waals surface area contributed by atoms with Gasteiger partial charge in [-0.1, -0.05) is 12.1 Å². The fourth-order valence-electron chi connectivity index (χ4n) is 2.05. The molecule has 1 amide bonds. The van der Waals surface area contributed by atoms with Crippen molar-refractivity contribution >= 4 is 35.1 Å². The van der Waals surface area contributed by atoms with E-state index in [0.29, 0.717) is 5.75 Å². The van der Waals surface area contributed by atoms with Crippen LogP contribution >= 0.6 is 23.2 Å². The van der Waals surface area contributed by atoms with Gasteiger partial charge in [-0.2, -0.15) is 0 Å². The Labute approximate surface area is 138 Å². The summed E-state index contributed by atoms with van der Waals surface area (Å²) in [5, 5.41) is 10.9. The highest BCUT2D eigenvalue weighted by atomic mass is 35.5. The third-order valence-corrected chi connectivity index (χ3v) is 4.26. The second kappa shape index (κ2) is 5.97. The molecule has 1 saturated carbocycles. The van der Waals surface area contributed by atoms with Crippen molar-refractivity contribution in [1.29, 1.82) is 0 Å². The molecule has 5 nitrogen and oxygen atoms in total. The molecule has 0 saturated heterocycles. The SMILES string of the molecule is CC(C)(Oc1ccc(C2CC2(Cl)Cl)cc1)C(=O)NCC(=O)O. The molecule has 22 heavy (non-hydrogen) atoms. The number of carbonyl (C=O) groups excluding carboxylic acids is 1. The number of hydrogen-bond acceptors (Lipinski definition) is 3. The minimum Gasteiger partial charge on any atom is -0.480 e. The van der Waals surface area contributed by atoms with Crippen LogP contribution in [0.2, 0.25) is 0 Å². The van der Waals surface area contributed by atoms with Gasteiger partial charge >= 0.3 is 5.97 Å². The maximum Gasteiger partial charge on any atom is 0.322 e. The molecule has 0 aliphatic heterocycles. The molecule has 0 bridgehead atoms. The first-order chi connectivity index (χ1) is 10.1. The fraction of sp³-hybridized carbons (Fsp3) is 0.467. The number of aliphatic carboxylic acids is 1. The van der Waals surface area contributed by atoms with Crippen molar-refractivity contribution in [3.63, 3.8) is 0 Å². The van der Waals surface area contributed by atoms with Crippen molar-refractivity contribution in [2.24, 2.45) is 0 Å². The Morgan fingerprint density at radius 3 is 2.36 bits per heavy atom. The van der Waals surface area contributed by atoms with Gasteiger partial charge in [0.1, 0.15) is 16.6 Å². The normalized spacial score (nSPS) is 19.4. The van der Waals surface area contributed by atoms with Gasteiger partial charge in [-0.05, 0) is 38.0 Å². The lowest BCUT2D eigenvalue weighted by Crippen LogP contribution is -2.47. The summed E-state index contributed by atoms with van der Waals surface area (Å²) in [6.45, 7) is 2.70. The van der Waals surface area contributed by atoms with Crippen LogP contribution in [0.15, 0.2) is 24.3 Å². The molecule has 0 heterocycles. The van der Waals surface area contributed by atoms with E-state index in [1.807, 2.05) is 12.1 Å². The standard InChI is InChI=1S/C15H17Cl2NO4/c1-14(2,13(21)18-8-12(19)20)22-10-5-3-9(4-6-10)11-7-15(11,16)17/h3-6,11H,7-8H2,1-2H3,(H,18,21)(H,19,20). The maximum atomic E-state index is 11.9. The summed E-state index contributed by atoms with van der Waals surface area (Å²) in [6.07, 6.45) is 0.722. The summed E-state index contributed by atoms with van der Waals surface area (Å²) >= 11 is 12.0. The molecule has 120 valence electrons. The molecule has 1 atom stereocenters. The molecule has 7 heteroatoms. The first-order valence-electron chi connectivity index (χ1n) is 6.79. The molecule has 1 aliphatic rings. The number of carboxylic acid groups (broad SMARTS) is 1. The number of halogens is 2. The Balaban J connectivity index is 1.97. The minimum absolute atomic E-state index is 0.122. The Morgan fingerprint density at radius 2 is 1.91 bits per heavy atom. The van der Waals surface area contributed by atoms with Gasteiger partial charge < -0.3 is 15.2 Å². The highest BCUT2D eigenvalue weighted by molar-refractivity contribution is 6.51. The molecule has 1 fully saturated rings. The molecule has 1 unspecified atom stereocenters. The van der Waals surface area contributed by atoms with Crippen molar-refractivity contribution in [1.82, 2.24) is 5.32 Å². The summed E-state index contributed by atoms with van der Waals surface area (Å²) < 4.78 is 4.95. The van der Waals surface area contributed by atoms with E-state index >= 15 is 0 Å². The van der Waals surface area contributed by atoms with Crippen molar-refractivity contribution in [3.05, 3.63) is 29.8 Å². The quantitative estimate of drug-likeness (QED) is 0.777. The molecule has 0 spiro atoms. The number of alkyl halides is 2. The van der Waals surface area contributed by atoms with E-state index in [2.05, 4.69) is 5.32 Å². The van der Waals surface area contributed by atoms with E-state index in [1.54, 1.807) is 26.0 Å². The van der Waals surface area contributed by atoms with Gasteiger partial charge in [0.15, 0.2) is 5.60 Å². The highest BCUT2D eigenvalue weighted by Crippen LogP contribution is 2.59. The number of carbonyl (C=O) groups is 2. The number of rotatable bonds is 6. The summed E-state index contributed by atoms with van der Waals surface area (Å²) in [6, 6.07) is 7.20. The van der Waals surface area contributed by atoms with Crippen LogP contribution in [-0.4, -0.2) is 33.5 Å². The summed E-state index contributed by atoms with van der Waals surface area (Å²) in [7, 11) is 0. The first-order valence-corrected chi connectivity index (χ1v) is 7.54. The Kier molecular flexibility index (Phi) is 4.59. The molecule has 2 rings (SSSR count). The lowest BCUT2D eigenvalue weighted by Gasteiger charge is -2.25. The number of ether oxygens (including phenoxy) is 1. The van der Waals surface area contributed by atoms with Crippen LogP contribution in [0.4, 0.5) is 0 Å². The van der Waals surface area contributed by atoms with E-state index in [-0.39, 0.29) is 5.92 Å². The minimum atomic E-state index is -1.18. The smallest absolute Gasteiger partial charge is 0.322 e. The van der Waals surface area contributed by atoms with Gasteiger partial charge in [0.05, 0.1) is 0 Å². The Bertz CT molecular complexity index is 584. The number of carboxylic acids is 1. The van der Waals surface area contributed by atoms with Crippen LogP contribution in [0.25, 0.3) is 0 Å². The lowest BCUT2D eigenvalue weighted by atomic mass is 10.1. The number of nitrogens with one attached hydrogen (secondary N) is 1. The second-order valence-electron chi connectivity index (χ2n) is 5.78. The van der Waals surface area contributed by atoms with Crippen LogP contribution in [0.5, 0.6) is 5.75 Å². The van der Waals surface area contributed by atoms with Crippen LogP contribution in [0.1, 0.15) is 31.7 Å². The lowest BCUT2D eigenvalue weighted by molar-refractivity contribution is -0.141. The van der Waals surface area contributed by atoms with Crippen molar-refractivity contribution in [2.45, 2.75) is 36.1 Å². The van der Waals surface area contributed by atoms with Crippen LogP contribution in [0.3, 0.4) is 0 Å². The van der Waals surface area contributed by atoms with Gasteiger partial charge in [-0.15, -0.1) is 23.2 Å². The largest absolute Gasteiger partial charge is 0.480 e. The number of amides is 1. The zero-order valence-electron chi connectivity index (χ0n) is 12.2. The zero-order chi connectivity index (χ0) is 16.5. The molecular weight excluding hydrogens is 329 g/mol. The third-order valence-electron chi connectivity index (χ3n) is 3.43. The molecular formula is C15H17Cl2NO4. The van der Waals surface area contributed by atoms with Gasteiger partial charge in [-0.3, -0.25) is 9.59 Å². The van der Waals surface area contributed by atoms with Crippen molar-refractivity contribution in [3.8, 4) is 5.75 Å². The molecule has 1 aliphatic carbocycles. The molecule has 0 radical (unpaired) electrons. The maximum absolute atomic E-state index is 11.9. The second-order valence-corrected chi connectivity index (χ2v) is 7.32. The van der Waals surface area contributed by atoms with Gasteiger partial charge in [0, 0.05) is 5.92 Å². The van der Waals surface area contributed by atoms with E-state index in [4.69, 9.17) is 33.0 Å². The predicted octanol–water partition coefficient (Wildman–Crippen LogP) is 2.71. The molecule has 2 N–H and O–H groups in total. The predicted molar refractivity (Wildman–Crippen MR) is 83.6 cm³/mol. The monoisotopic (exact) mass is 345 g/mol. The molecule has 1 aromatic carbocycles. The average molecular weight is 346 g/mol. The van der Waals surface area contributed by atoms with E-state index in [1.165, 1.54) is 0 Å². The first kappa shape index (κ1) is 16.9. The topological polar surface area (TPSA) is 75.6 Å². The summed E-state index contributed by atoms with van der Waals surface area (Å²) in [4.78, 5) is 22.4. The number of benzene rings is 1. The number of hydrogen-bond donors (Lipinski definition) is 2. The van der Waals surface area contributed by atoms with Crippen molar-refractivity contribution < 1.29 is 19.4 Å². The van der Waals surface area contributed by atoms with Crippen LogP contribution in [-0.2, 0) is 9.59 Å². The zero-order valence-corrected chi connectivity index (χ0v) is 13.7. The molecule has 0 aromatic heterocycles. The van der Waals surface area contributed by atoms with Gasteiger partial charge in [0.2, 0.25) is 0 Å². The Hall–Kier alpha value is -1.46. The molecule has 1 aromatic rings. The average Bonchev–Trinajstić information content (AvgIpc) is 3.05. The van der Waals surface area contributed by atoms with Gasteiger partial charge in [-0.25, -0.2) is 0 Å². The van der Waals surface area contributed by atoms with Crippen LogP contribution in [0, 0.1) is 0 Å². The summed E-state index contributed by atoms with van der Waals surface area (Å²) in [5.41, 5.74) is -0.162. The van der Waals surface area contributed by atoms with E-state index in [9.17, 15) is 9.59 Å². The van der Waals surface area contributed by atoms with Crippen LogP contribution < -0.4 is 10.1 Å².